The summed E-state index contributed by atoms with van der Waals surface area (Å²) in [5.41, 5.74) is 6.80. The van der Waals surface area contributed by atoms with Crippen LogP contribution in [0.25, 0.3) is 0 Å². The van der Waals surface area contributed by atoms with Crippen LogP contribution in [0.15, 0.2) is 5.38 Å². The molecule has 3 nitrogen and oxygen atoms in total. The summed E-state index contributed by atoms with van der Waals surface area (Å²) < 4.78 is 0. The van der Waals surface area contributed by atoms with Crippen molar-refractivity contribution in [3.05, 3.63) is 11.1 Å². The average Bonchev–Trinajstić information content (AvgIpc) is 2.73. The van der Waals surface area contributed by atoms with Crippen molar-refractivity contribution in [2.75, 3.05) is 5.73 Å². The van der Waals surface area contributed by atoms with Gasteiger partial charge in [0.25, 0.3) is 0 Å². The van der Waals surface area contributed by atoms with Gasteiger partial charge in [-0.05, 0) is 55.8 Å². The van der Waals surface area contributed by atoms with E-state index in [4.69, 9.17) is 5.73 Å². The normalized spacial score (nSPS) is 41.4. The first kappa shape index (κ1) is 11.2. The second-order valence-electron chi connectivity index (χ2n) is 6.51. The molecule has 5 rings (SSSR count). The lowest BCUT2D eigenvalue weighted by molar-refractivity contribution is -0.0143. The van der Waals surface area contributed by atoms with E-state index in [0.29, 0.717) is 5.13 Å². The largest absolute Gasteiger partial charge is 0.375 e. The summed E-state index contributed by atoms with van der Waals surface area (Å²) in [7, 11) is 0. The number of nitrogens with one attached hydrogen (secondary N) is 1. The molecule has 4 fully saturated rings. The second-order valence-corrected chi connectivity index (χ2v) is 7.40. The summed E-state index contributed by atoms with van der Waals surface area (Å²) in [6.45, 7) is 0.903. The Kier molecular flexibility index (Phi) is 2.62. The molecule has 18 heavy (non-hydrogen) atoms. The van der Waals surface area contributed by atoms with E-state index in [9.17, 15) is 0 Å². The predicted molar refractivity (Wildman–Crippen MR) is 74.2 cm³/mol. The highest BCUT2D eigenvalue weighted by Gasteiger charge is 2.47. The van der Waals surface area contributed by atoms with E-state index in [1.165, 1.54) is 32.1 Å². The van der Waals surface area contributed by atoms with Crippen LogP contribution in [0.2, 0.25) is 0 Å². The van der Waals surface area contributed by atoms with Crippen LogP contribution < -0.4 is 11.1 Å². The molecule has 0 atom stereocenters. The van der Waals surface area contributed by atoms with Gasteiger partial charge in [-0.25, -0.2) is 4.98 Å². The molecule has 1 heterocycles. The van der Waals surface area contributed by atoms with Gasteiger partial charge in [-0.3, -0.25) is 0 Å². The first-order chi connectivity index (χ1) is 8.78. The van der Waals surface area contributed by atoms with Crippen molar-refractivity contribution in [2.24, 2.45) is 23.7 Å². The van der Waals surface area contributed by atoms with Crippen LogP contribution in [0.1, 0.15) is 37.8 Å². The maximum absolute atomic E-state index is 5.68. The van der Waals surface area contributed by atoms with Crippen molar-refractivity contribution in [3.8, 4) is 0 Å². The maximum Gasteiger partial charge on any atom is 0.180 e. The Balaban J connectivity index is 1.43. The molecule has 0 saturated heterocycles. The Bertz CT molecular complexity index is 414. The van der Waals surface area contributed by atoms with E-state index in [1.807, 2.05) is 0 Å². The molecule has 4 bridgehead atoms. The van der Waals surface area contributed by atoms with Crippen LogP contribution >= 0.6 is 11.3 Å². The zero-order valence-corrected chi connectivity index (χ0v) is 11.5. The topological polar surface area (TPSA) is 50.9 Å². The molecule has 0 aromatic carbocycles. The molecule has 4 saturated carbocycles. The molecule has 0 amide bonds. The Morgan fingerprint density at radius 3 is 2.39 bits per heavy atom. The summed E-state index contributed by atoms with van der Waals surface area (Å²) in [4.78, 5) is 4.35. The smallest absolute Gasteiger partial charge is 0.180 e. The van der Waals surface area contributed by atoms with E-state index in [-0.39, 0.29) is 0 Å². The van der Waals surface area contributed by atoms with E-state index < -0.39 is 0 Å². The molecule has 4 aliphatic carbocycles. The average molecular weight is 263 g/mol. The van der Waals surface area contributed by atoms with Crippen molar-refractivity contribution in [3.63, 3.8) is 0 Å². The van der Waals surface area contributed by atoms with E-state index >= 15 is 0 Å². The van der Waals surface area contributed by atoms with Crippen molar-refractivity contribution in [2.45, 2.75) is 44.7 Å². The second kappa shape index (κ2) is 4.20. The highest BCUT2D eigenvalue weighted by molar-refractivity contribution is 7.13. The van der Waals surface area contributed by atoms with Crippen molar-refractivity contribution < 1.29 is 0 Å². The molecule has 98 valence electrons. The van der Waals surface area contributed by atoms with E-state index in [1.54, 1.807) is 11.3 Å². The quantitative estimate of drug-likeness (QED) is 0.881. The standard InChI is InChI=1S/C14H21N3S/c15-14-17-12(7-18-14)6-16-13-10-2-8-1-9(4-10)5-11(13)3-8/h7-11,13,16H,1-6H2,(H2,15,17). The zero-order chi connectivity index (χ0) is 12.1. The minimum absolute atomic E-state index is 0.692. The van der Waals surface area contributed by atoms with Crippen LogP contribution in [-0.4, -0.2) is 11.0 Å². The number of nitrogens with two attached hydrogens (primary N) is 1. The van der Waals surface area contributed by atoms with Crippen LogP contribution in [-0.2, 0) is 6.54 Å². The third-order valence-electron chi connectivity index (χ3n) is 5.32. The fourth-order valence-electron chi connectivity index (χ4n) is 4.88. The summed E-state index contributed by atoms with van der Waals surface area (Å²) in [5.74, 6) is 4.00. The summed E-state index contributed by atoms with van der Waals surface area (Å²) >= 11 is 1.55. The molecule has 0 spiro atoms. The molecule has 1 aromatic rings. The summed E-state index contributed by atoms with van der Waals surface area (Å²) in [5, 5.41) is 6.56. The lowest BCUT2D eigenvalue weighted by atomic mass is 9.54. The first-order valence-corrected chi connectivity index (χ1v) is 8.09. The van der Waals surface area contributed by atoms with Gasteiger partial charge >= 0.3 is 0 Å². The molecule has 3 N–H and O–H groups in total. The van der Waals surface area contributed by atoms with Crippen LogP contribution in [0, 0.1) is 23.7 Å². The maximum atomic E-state index is 5.68. The van der Waals surface area contributed by atoms with Gasteiger partial charge in [0.2, 0.25) is 0 Å². The first-order valence-electron chi connectivity index (χ1n) is 7.21. The highest BCUT2D eigenvalue weighted by Crippen LogP contribution is 2.53. The van der Waals surface area contributed by atoms with Crippen molar-refractivity contribution in [1.29, 1.82) is 0 Å². The number of hydrogen-bond acceptors (Lipinski definition) is 4. The highest BCUT2D eigenvalue weighted by atomic mass is 32.1. The summed E-state index contributed by atoms with van der Waals surface area (Å²) in [6, 6.07) is 0.751. The third-order valence-corrected chi connectivity index (χ3v) is 6.04. The molecule has 0 radical (unpaired) electrons. The monoisotopic (exact) mass is 263 g/mol. The van der Waals surface area contributed by atoms with Crippen LogP contribution in [0.4, 0.5) is 5.13 Å². The molecule has 1 aromatic heterocycles. The van der Waals surface area contributed by atoms with E-state index in [2.05, 4.69) is 15.7 Å². The molecular weight excluding hydrogens is 242 g/mol. The Morgan fingerprint density at radius 1 is 1.17 bits per heavy atom. The van der Waals surface area contributed by atoms with Crippen molar-refractivity contribution in [1.82, 2.24) is 10.3 Å². The predicted octanol–water partition coefficient (Wildman–Crippen LogP) is 2.64. The number of nitrogen functional groups attached to an aromatic ring is 1. The Morgan fingerprint density at radius 2 is 1.83 bits per heavy atom. The minimum atomic E-state index is 0.692. The number of thiazole rings is 1. The van der Waals surface area contributed by atoms with Crippen LogP contribution in [0.3, 0.4) is 0 Å². The molecule has 4 heteroatoms. The number of rotatable bonds is 3. The van der Waals surface area contributed by atoms with Gasteiger partial charge in [0, 0.05) is 18.0 Å². The fraction of sp³-hybridized carbons (Fsp3) is 0.786. The lowest BCUT2D eigenvalue weighted by Gasteiger charge is -2.54. The van der Waals surface area contributed by atoms with Crippen LogP contribution in [0.5, 0.6) is 0 Å². The Labute approximate surface area is 112 Å². The minimum Gasteiger partial charge on any atom is -0.375 e. The fourth-order valence-corrected chi connectivity index (χ4v) is 5.45. The SMILES string of the molecule is Nc1nc(CNC2C3CC4CC(C3)CC2C4)cs1. The Hall–Kier alpha value is -0.610. The number of nitrogens with zero attached hydrogens (tertiary/aromatic N) is 1. The molecule has 4 aliphatic rings. The molecule has 0 aliphatic heterocycles. The lowest BCUT2D eigenvalue weighted by Crippen LogP contribution is -2.54. The van der Waals surface area contributed by atoms with Gasteiger partial charge in [-0.15, -0.1) is 11.3 Å². The third kappa shape index (κ3) is 1.86. The van der Waals surface area contributed by atoms with Gasteiger partial charge < -0.3 is 11.1 Å². The summed E-state index contributed by atoms with van der Waals surface area (Å²) in [6.07, 6.45) is 7.43. The van der Waals surface area contributed by atoms with Gasteiger partial charge in [-0.1, -0.05) is 0 Å². The number of anilines is 1. The van der Waals surface area contributed by atoms with Gasteiger partial charge in [0.1, 0.15) is 0 Å². The molecular formula is C14H21N3S. The van der Waals surface area contributed by atoms with Gasteiger partial charge in [-0.2, -0.15) is 0 Å². The van der Waals surface area contributed by atoms with E-state index in [0.717, 1.165) is 42.0 Å². The van der Waals surface area contributed by atoms with Crippen molar-refractivity contribution >= 4 is 16.5 Å². The van der Waals surface area contributed by atoms with Gasteiger partial charge in [0.15, 0.2) is 5.13 Å². The van der Waals surface area contributed by atoms with Gasteiger partial charge in [0.05, 0.1) is 5.69 Å². The number of hydrogen-bond donors (Lipinski definition) is 2. The number of aromatic nitrogens is 1. The zero-order valence-electron chi connectivity index (χ0n) is 10.6. The molecule has 0 unspecified atom stereocenters.